The van der Waals surface area contributed by atoms with E-state index in [4.69, 9.17) is 5.11 Å². The molecule has 0 aliphatic heterocycles. The van der Waals surface area contributed by atoms with Gasteiger partial charge in [-0.3, -0.25) is 0 Å². The van der Waals surface area contributed by atoms with Crippen molar-refractivity contribution >= 4 is 5.97 Å². The molecule has 1 aromatic carbocycles. The van der Waals surface area contributed by atoms with E-state index in [0.29, 0.717) is 5.56 Å². The molecule has 0 unspecified atom stereocenters. The van der Waals surface area contributed by atoms with Crippen LogP contribution in [0.1, 0.15) is 42.5 Å². The standard InChI is InChI=1S/C7H15N.C7H6O2/c1-8-7-5-3-2-4-6-7;8-7(9)6-4-2-1-3-5-6/h7-8H,2-6H2,1H3;1-5H,(H,8,9). The van der Waals surface area contributed by atoms with E-state index in [9.17, 15) is 4.79 Å². The van der Waals surface area contributed by atoms with Crippen molar-refractivity contribution in [1.82, 2.24) is 5.32 Å². The van der Waals surface area contributed by atoms with E-state index in [1.807, 2.05) is 0 Å². The molecule has 2 rings (SSSR count). The van der Waals surface area contributed by atoms with Gasteiger partial charge in [-0.25, -0.2) is 4.79 Å². The van der Waals surface area contributed by atoms with Crippen LogP contribution in [-0.2, 0) is 0 Å². The second kappa shape index (κ2) is 7.85. The zero-order valence-corrected chi connectivity index (χ0v) is 10.4. The number of rotatable bonds is 2. The third-order valence-electron chi connectivity index (χ3n) is 3.03. The lowest BCUT2D eigenvalue weighted by molar-refractivity contribution is 0.0697. The average molecular weight is 235 g/mol. The van der Waals surface area contributed by atoms with Gasteiger partial charge >= 0.3 is 5.97 Å². The van der Waals surface area contributed by atoms with Gasteiger partial charge in [-0.15, -0.1) is 0 Å². The lowest BCUT2D eigenvalue weighted by Gasteiger charge is -2.20. The first-order valence-electron chi connectivity index (χ1n) is 6.19. The Balaban J connectivity index is 0.000000171. The van der Waals surface area contributed by atoms with Crippen LogP contribution in [0.25, 0.3) is 0 Å². The fourth-order valence-corrected chi connectivity index (χ4v) is 1.97. The van der Waals surface area contributed by atoms with Gasteiger partial charge in [0, 0.05) is 6.04 Å². The lowest BCUT2D eigenvalue weighted by atomic mass is 9.96. The molecule has 3 nitrogen and oxygen atoms in total. The van der Waals surface area contributed by atoms with Gasteiger partial charge in [-0.1, -0.05) is 37.5 Å². The second-order valence-electron chi connectivity index (χ2n) is 4.29. The van der Waals surface area contributed by atoms with Crippen molar-refractivity contribution in [3.63, 3.8) is 0 Å². The highest BCUT2D eigenvalue weighted by atomic mass is 16.4. The van der Waals surface area contributed by atoms with Crippen molar-refractivity contribution in [3.05, 3.63) is 35.9 Å². The first-order chi connectivity index (χ1) is 8.24. The lowest BCUT2D eigenvalue weighted by Crippen LogP contribution is -2.26. The normalized spacial score (nSPS) is 15.8. The average Bonchev–Trinajstić information content (AvgIpc) is 2.41. The topological polar surface area (TPSA) is 49.3 Å². The summed E-state index contributed by atoms with van der Waals surface area (Å²) in [6, 6.07) is 9.13. The molecule has 0 radical (unpaired) electrons. The molecule has 0 spiro atoms. The summed E-state index contributed by atoms with van der Waals surface area (Å²) in [6.45, 7) is 0. The van der Waals surface area contributed by atoms with Crippen LogP contribution in [0.15, 0.2) is 30.3 Å². The Labute approximate surface area is 103 Å². The maximum atomic E-state index is 10.2. The zero-order valence-electron chi connectivity index (χ0n) is 10.4. The van der Waals surface area contributed by atoms with Crippen LogP contribution >= 0.6 is 0 Å². The minimum atomic E-state index is -0.879. The Hall–Kier alpha value is -1.35. The minimum absolute atomic E-state index is 0.331. The molecule has 0 heterocycles. The number of hydrogen-bond donors (Lipinski definition) is 2. The van der Waals surface area contributed by atoms with Gasteiger partial charge in [0.25, 0.3) is 0 Å². The number of carbonyl (C=O) groups is 1. The molecule has 17 heavy (non-hydrogen) atoms. The van der Waals surface area contributed by atoms with Crippen LogP contribution in [0.3, 0.4) is 0 Å². The van der Waals surface area contributed by atoms with Gasteiger partial charge in [0.05, 0.1) is 5.56 Å². The molecule has 2 N–H and O–H groups in total. The number of hydrogen-bond acceptors (Lipinski definition) is 2. The first kappa shape index (κ1) is 13.7. The molecule has 0 atom stereocenters. The van der Waals surface area contributed by atoms with Crippen molar-refractivity contribution in [2.24, 2.45) is 0 Å². The molecule has 94 valence electrons. The summed E-state index contributed by atoms with van der Waals surface area (Å²) >= 11 is 0. The van der Waals surface area contributed by atoms with Crippen molar-refractivity contribution in [1.29, 1.82) is 0 Å². The molecule has 3 heteroatoms. The third-order valence-corrected chi connectivity index (χ3v) is 3.03. The Morgan fingerprint density at radius 2 is 1.76 bits per heavy atom. The predicted octanol–water partition coefficient (Wildman–Crippen LogP) is 2.92. The predicted molar refractivity (Wildman–Crippen MR) is 69.3 cm³/mol. The Bertz CT molecular complexity index is 318. The van der Waals surface area contributed by atoms with Crippen LogP contribution in [0.2, 0.25) is 0 Å². The van der Waals surface area contributed by atoms with Crippen molar-refractivity contribution < 1.29 is 9.90 Å². The highest BCUT2D eigenvalue weighted by Gasteiger charge is 2.09. The van der Waals surface area contributed by atoms with Gasteiger partial charge in [0.2, 0.25) is 0 Å². The molecule has 0 aromatic heterocycles. The van der Waals surface area contributed by atoms with Gasteiger partial charge in [0.1, 0.15) is 0 Å². The highest BCUT2D eigenvalue weighted by Crippen LogP contribution is 2.16. The second-order valence-corrected chi connectivity index (χ2v) is 4.29. The van der Waals surface area contributed by atoms with Gasteiger partial charge in [-0.2, -0.15) is 0 Å². The van der Waals surface area contributed by atoms with E-state index in [-0.39, 0.29) is 0 Å². The number of nitrogens with one attached hydrogen (secondary N) is 1. The molecular weight excluding hydrogens is 214 g/mol. The van der Waals surface area contributed by atoms with E-state index in [0.717, 1.165) is 6.04 Å². The quantitative estimate of drug-likeness (QED) is 0.828. The van der Waals surface area contributed by atoms with E-state index >= 15 is 0 Å². The summed E-state index contributed by atoms with van der Waals surface area (Å²) in [5.74, 6) is -0.879. The Morgan fingerprint density at radius 3 is 2.12 bits per heavy atom. The SMILES string of the molecule is CNC1CCCCC1.O=C(O)c1ccccc1. The minimum Gasteiger partial charge on any atom is -0.478 e. The highest BCUT2D eigenvalue weighted by molar-refractivity contribution is 5.87. The van der Waals surface area contributed by atoms with Crippen LogP contribution < -0.4 is 5.32 Å². The Morgan fingerprint density at radius 1 is 1.18 bits per heavy atom. The molecule has 1 aliphatic rings. The summed E-state index contributed by atoms with van der Waals surface area (Å²) in [5, 5.41) is 11.7. The molecule has 0 amide bonds. The van der Waals surface area contributed by atoms with Gasteiger partial charge in [-0.05, 0) is 32.0 Å². The summed E-state index contributed by atoms with van der Waals surface area (Å²) in [6.07, 6.45) is 7.13. The van der Waals surface area contributed by atoms with E-state index in [2.05, 4.69) is 12.4 Å². The largest absolute Gasteiger partial charge is 0.478 e. The first-order valence-corrected chi connectivity index (χ1v) is 6.19. The summed E-state index contributed by atoms with van der Waals surface area (Å²) < 4.78 is 0. The number of benzene rings is 1. The maximum Gasteiger partial charge on any atom is 0.335 e. The Kier molecular flexibility index (Phi) is 6.33. The molecule has 0 bridgehead atoms. The number of aromatic carboxylic acids is 1. The fraction of sp³-hybridized carbons (Fsp3) is 0.500. The van der Waals surface area contributed by atoms with Crippen molar-refractivity contribution in [2.75, 3.05) is 7.05 Å². The molecule has 1 aliphatic carbocycles. The molecule has 0 saturated heterocycles. The van der Waals surface area contributed by atoms with Crippen LogP contribution in [0.5, 0.6) is 0 Å². The molecular formula is C14H21NO2. The van der Waals surface area contributed by atoms with E-state index in [1.54, 1.807) is 30.3 Å². The fourth-order valence-electron chi connectivity index (χ4n) is 1.97. The number of carboxylic acid groups (broad SMARTS) is 1. The van der Waals surface area contributed by atoms with Crippen molar-refractivity contribution in [2.45, 2.75) is 38.1 Å². The summed E-state index contributed by atoms with van der Waals surface area (Å²) in [4.78, 5) is 10.2. The zero-order chi connectivity index (χ0) is 12.5. The van der Waals surface area contributed by atoms with Crippen LogP contribution in [-0.4, -0.2) is 24.2 Å². The van der Waals surface area contributed by atoms with Crippen molar-refractivity contribution in [3.8, 4) is 0 Å². The molecule has 1 aromatic rings. The van der Waals surface area contributed by atoms with E-state index < -0.39 is 5.97 Å². The summed E-state index contributed by atoms with van der Waals surface area (Å²) in [7, 11) is 2.07. The van der Waals surface area contributed by atoms with Gasteiger partial charge in [0.15, 0.2) is 0 Å². The van der Waals surface area contributed by atoms with Crippen LogP contribution in [0, 0.1) is 0 Å². The number of carboxylic acids is 1. The maximum absolute atomic E-state index is 10.2. The summed E-state index contributed by atoms with van der Waals surface area (Å²) in [5.41, 5.74) is 0.331. The van der Waals surface area contributed by atoms with Gasteiger partial charge < -0.3 is 10.4 Å². The monoisotopic (exact) mass is 235 g/mol. The molecule has 1 fully saturated rings. The molecule has 1 saturated carbocycles. The van der Waals surface area contributed by atoms with E-state index in [1.165, 1.54) is 32.1 Å². The third kappa shape index (κ3) is 5.50. The van der Waals surface area contributed by atoms with Crippen LogP contribution in [0.4, 0.5) is 0 Å². The smallest absolute Gasteiger partial charge is 0.335 e.